The predicted octanol–water partition coefficient (Wildman–Crippen LogP) is 2.87. The van der Waals surface area contributed by atoms with Crippen LogP contribution in [0.4, 0.5) is 0 Å². The third-order valence-corrected chi connectivity index (χ3v) is 3.97. The minimum absolute atomic E-state index is 0.0591. The average Bonchev–Trinajstić information content (AvgIpc) is 2.38. The monoisotopic (exact) mass is 253 g/mol. The molecule has 0 spiro atoms. The summed E-state index contributed by atoms with van der Waals surface area (Å²) in [5, 5.41) is 3.62. The lowest BCUT2D eigenvalue weighted by atomic mass is 9.92. The van der Waals surface area contributed by atoms with Crippen molar-refractivity contribution >= 4 is 11.6 Å². The van der Waals surface area contributed by atoms with Gasteiger partial charge in [-0.05, 0) is 25.3 Å². The van der Waals surface area contributed by atoms with Crippen molar-refractivity contribution in [2.45, 2.75) is 31.8 Å². The van der Waals surface area contributed by atoms with Crippen LogP contribution < -0.4 is 5.32 Å². The lowest BCUT2D eigenvalue weighted by molar-refractivity contribution is 0.0459. The molecule has 0 radical (unpaired) electrons. The van der Waals surface area contributed by atoms with Gasteiger partial charge in [-0.25, -0.2) is 0 Å². The maximum absolute atomic E-state index is 6.12. The zero-order valence-corrected chi connectivity index (χ0v) is 11.1. The highest BCUT2D eigenvalue weighted by Gasteiger charge is 2.30. The quantitative estimate of drug-likeness (QED) is 0.834. The molecule has 1 aliphatic heterocycles. The van der Waals surface area contributed by atoms with Gasteiger partial charge in [-0.1, -0.05) is 29.8 Å². The predicted molar refractivity (Wildman–Crippen MR) is 71.5 cm³/mol. The summed E-state index contributed by atoms with van der Waals surface area (Å²) in [5.41, 5.74) is 2.68. The standard InChI is InChI=1S/C14H20ClNO/c1-12-3-2-4-13(9-12)10-16-14(11-15)5-7-17-8-6-14/h2-4,9,16H,5-8,10-11H2,1H3. The molecule has 0 saturated carbocycles. The molecule has 1 fully saturated rings. The molecule has 0 amide bonds. The summed E-state index contributed by atoms with van der Waals surface area (Å²) in [4.78, 5) is 0. The number of hydrogen-bond acceptors (Lipinski definition) is 2. The molecular formula is C14H20ClNO. The van der Waals surface area contributed by atoms with Gasteiger partial charge in [0.15, 0.2) is 0 Å². The molecule has 1 aromatic carbocycles. The first-order valence-electron chi connectivity index (χ1n) is 6.18. The Morgan fingerprint density at radius 3 is 2.76 bits per heavy atom. The molecule has 1 saturated heterocycles. The van der Waals surface area contributed by atoms with E-state index in [-0.39, 0.29) is 5.54 Å². The van der Waals surface area contributed by atoms with Gasteiger partial charge in [0.25, 0.3) is 0 Å². The molecule has 0 unspecified atom stereocenters. The van der Waals surface area contributed by atoms with Gasteiger partial charge in [0.1, 0.15) is 0 Å². The van der Waals surface area contributed by atoms with Crippen molar-refractivity contribution in [1.82, 2.24) is 5.32 Å². The van der Waals surface area contributed by atoms with E-state index in [0.717, 1.165) is 32.6 Å². The van der Waals surface area contributed by atoms with Crippen molar-refractivity contribution in [3.8, 4) is 0 Å². The summed E-state index contributed by atoms with van der Waals surface area (Å²) in [5.74, 6) is 0.655. The van der Waals surface area contributed by atoms with E-state index in [1.807, 2.05) is 0 Å². The van der Waals surface area contributed by atoms with Crippen LogP contribution >= 0.6 is 11.6 Å². The Balaban J connectivity index is 1.95. The summed E-state index contributed by atoms with van der Waals surface area (Å²) in [6.45, 7) is 4.63. The minimum atomic E-state index is 0.0591. The highest BCUT2D eigenvalue weighted by Crippen LogP contribution is 2.22. The first-order valence-corrected chi connectivity index (χ1v) is 6.72. The number of benzene rings is 1. The fourth-order valence-electron chi connectivity index (χ4n) is 2.23. The van der Waals surface area contributed by atoms with Crippen molar-refractivity contribution in [3.63, 3.8) is 0 Å². The molecular weight excluding hydrogens is 234 g/mol. The molecule has 2 rings (SSSR count). The fraction of sp³-hybridized carbons (Fsp3) is 0.571. The van der Waals surface area contributed by atoms with Crippen LogP contribution in [0.25, 0.3) is 0 Å². The van der Waals surface area contributed by atoms with Crippen molar-refractivity contribution in [3.05, 3.63) is 35.4 Å². The Bertz CT molecular complexity index is 361. The minimum Gasteiger partial charge on any atom is -0.381 e. The molecule has 0 atom stereocenters. The molecule has 94 valence electrons. The van der Waals surface area contributed by atoms with E-state index in [9.17, 15) is 0 Å². The highest BCUT2D eigenvalue weighted by molar-refractivity contribution is 6.18. The first kappa shape index (κ1) is 12.9. The van der Waals surface area contributed by atoms with Crippen LogP contribution in [0.3, 0.4) is 0 Å². The lowest BCUT2D eigenvalue weighted by Gasteiger charge is -2.36. The van der Waals surface area contributed by atoms with Crippen LogP contribution in [0.15, 0.2) is 24.3 Å². The SMILES string of the molecule is Cc1cccc(CNC2(CCl)CCOCC2)c1. The second-order valence-electron chi connectivity index (χ2n) is 4.87. The highest BCUT2D eigenvalue weighted by atomic mass is 35.5. The average molecular weight is 254 g/mol. The van der Waals surface area contributed by atoms with Gasteiger partial charge in [-0.3, -0.25) is 0 Å². The molecule has 1 aliphatic rings. The van der Waals surface area contributed by atoms with Crippen molar-refractivity contribution in [2.75, 3.05) is 19.1 Å². The number of nitrogens with one attached hydrogen (secondary N) is 1. The van der Waals surface area contributed by atoms with E-state index in [0.29, 0.717) is 5.88 Å². The van der Waals surface area contributed by atoms with Crippen LogP contribution in [0.2, 0.25) is 0 Å². The molecule has 0 aromatic heterocycles. The fourth-order valence-corrected chi connectivity index (χ4v) is 2.59. The Hall–Kier alpha value is -0.570. The number of halogens is 1. The second kappa shape index (κ2) is 5.85. The zero-order valence-electron chi connectivity index (χ0n) is 10.3. The van der Waals surface area contributed by atoms with Crippen molar-refractivity contribution < 1.29 is 4.74 Å². The van der Waals surface area contributed by atoms with Crippen LogP contribution in [0.5, 0.6) is 0 Å². The second-order valence-corrected chi connectivity index (χ2v) is 5.14. The third kappa shape index (κ3) is 3.44. The van der Waals surface area contributed by atoms with Crippen molar-refractivity contribution in [2.24, 2.45) is 0 Å². The smallest absolute Gasteiger partial charge is 0.0484 e. The summed E-state index contributed by atoms with van der Waals surface area (Å²) in [6.07, 6.45) is 2.00. The molecule has 17 heavy (non-hydrogen) atoms. The van der Waals surface area contributed by atoms with Crippen LogP contribution in [-0.4, -0.2) is 24.6 Å². The van der Waals surface area contributed by atoms with Crippen LogP contribution in [0.1, 0.15) is 24.0 Å². The van der Waals surface area contributed by atoms with Crippen LogP contribution in [0, 0.1) is 6.92 Å². The molecule has 1 N–H and O–H groups in total. The van der Waals surface area contributed by atoms with Gasteiger partial charge >= 0.3 is 0 Å². The van der Waals surface area contributed by atoms with Crippen LogP contribution in [-0.2, 0) is 11.3 Å². The molecule has 2 nitrogen and oxygen atoms in total. The normalized spacial score (nSPS) is 19.2. The largest absolute Gasteiger partial charge is 0.381 e. The maximum Gasteiger partial charge on any atom is 0.0484 e. The van der Waals surface area contributed by atoms with E-state index in [2.05, 4.69) is 36.5 Å². The van der Waals surface area contributed by atoms with Gasteiger partial charge in [0.2, 0.25) is 0 Å². The molecule has 0 aliphatic carbocycles. The third-order valence-electron chi connectivity index (χ3n) is 3.46. The first-order chi connectivity index (χ1) is 8.24. The molecule has 3 heteroatoms. The maximum atomic E-state index is 6.12. The van der Waals surface area contributed by atoms with Gasteiger partial charge < -0.3 is 10.1 Å². The van der Waals surface area contributed by atoms with E-state index in [4.69, 9.17) is 16.3 Å². The zero-order chi connectivity index (χ0) is 12.1. The summed E-state index contributed by atoms with van der Waals surface area (Å²) in [7, 11) is 0. The molecule has 1 heterocycles. The molecule has 1 aromatic rings. The Kier molecular flexibility index (Phi) is 4.43. The number of alkyl halides is 1. The Labute approximate surface area is 108 Å². The number of ether oxygens (including phenoxy) is 1. The summed E-state index contributed by atoms with van der Waals surface area (Å²) >= 11 is 6.12. The Morgan fingerprint density at radius 1 is 1.35 bits per heavy atom. The van der Waals surface area contributed by atoms with Crippen molar-refractivity contribution in [1.29, 1.82) is 0 Å². The number of aryl methyl sites for hydroxylation is 1. The van der Waals surface area contributed by atoms with E-state index in [1.54, 1.807) is 0 Å². The van der Waals surface area contributed by atoms with E-state index in [1.165, 1.54) is 11.1 Å². The lowest BCUT2D eigenvalue weighted by Crippen LogP contribution is -2.50. The number of hydrogen-bond donors (Lipinski definition) is 1. The van der Waals surface area contributed by atoms with Gasteiger partial charge in [0.05, 0.1) is 0 Å². The Morgan fingerprint density at radius 2 is 2.12 bits per heavy atom. The summed E-state index contributed by atoms with van der Waals surface area (Å²) < 4.78 is 5.40. The van der Waals surface area contributed by atoms with Gasteiger partial charge in [-0.15, -0.1) is 11.6 Å². The number of rotatable bonds is 4. The molecule has 0 bridgehead atoms. The topological polar surface area (TPSA) is 21.3 Å². The van der Waals surface area contributed by atoms with E-state index < -0.39 is 0 Å². The van der Waals surface area contributed by atoms with Gasteiger partial charge in [0, 0.05) is 31.2 Å². The van der Waals surface area contributed by atoms with Gasteiger partial charge in [-0.2, -0.15) is 0 Å². The summed E-state index contributed by atoms with van der Waals surface area (Å²) in [6, 6.07) is 8.59. The van der Waals surface area contributed by atoms with E-state index >= 15 is 0 Å².